The molecule has 5 unspecified atom stereocenters. The number of hydrogen-bond donors (Lipinski definition) is 7. The van der Waals surface area contributed by atoms with E-state index in [1.54, 1.807) is 13.8 Å². The van der Waals surface area contributed by atoms with Crippen molar-refractivity contribution >= 4 is 41.4 Å². The van der Waals surface area contributed by atoms with Gasteiger partial charge in [-0.2, -0.15) is 11.8 Å². The fourth-order valence-electron chi connectivity index (χ4n) is 2.63. The summed E-state index contributed by atoms with van der Waals surface area (Å²) in [6.07, 6.45) is 0.459. The van der Waals surface area contributed by atoms with Gasteiger partial charge in [-0.3, -0.25) is 19.2 Å². The zero-order valence-electron chi connectivity index (χ0n) is 18.8. The Labute approximate surface area is 191 Å². The first-order valence-electron chi connectivity index (χ1n) is 10.2. The van der Waals surface area contributed by atoms with E-state index in [0.717, 1.165) is 0 Å². The molecule has 13 heteroatoms. The molecule has 0 aromatic carbocycles. The highest BCUT2D eigenvalue weighted by molar-refractivity contribution is 7.98. The number of thioether (sulfide) groups is 1. The van der Waals surface area contributed by atoms with E-state index in [2.05, 4.69) is 16.0 Å². The highest BCUT2D eigenvalue weighted by Crippen LogP contribution is 2.06. The van der Waals surface area contributed by atoms with Gasteiger partial charge in [-0.05, 0) is 37.7 Å². The third kappa shape index (κ3) is 10.8. The molecule has 0 aromatic rings. The van der Waals surface area contributed by atoms with Crippen molar-refractivity contribution in [3.05, 3.63) is 0 Å². The van der Waals surface area contributed by atoms with Gasteiger partial charge in [0.15, 0.2) is 0 Å². The summed E-state index contributed by atoms with van der Waals surface area (Å²) in [6, 6.07) is -4.86. The van der Waals surface area contributed by atoms with Crippen LogP contribution in [-0.2, 0) is 24.0 Å². The standard InChI is InChI=1S/C19H35N5O7S/c1-9(2)14(19(30)31)23-18(29)15(10(3)25)24-17(28)12(5-6-13(21)26)22-16(27)11(20)7-8-32-4/h9-12,14-15,25H,5-8,20H2,1-4H3,(H2,21,26)(H,22,27)(H,23,29)(H,24,28)(H,30,31). The van der Waals surface area contributed by atoms with Gasteiger partial charge in [-0.25, -0.2) is 4.79 Å². The van der Waals surface area contributed by atoms with Crippen LogP contribution in [0.25, 0.3) is 0 Å². The molecule has 0 spiro atoms. The molecular formula is C19H35N5O7S. The molecule has 0 saturated heterocycles. The number of aliphatic carboxylic acids is 1. The maximum Gasteiger partial charge on any atom is 0.326 e. The third-order valence-corrected chi connectivity index (χ3v) is 5.22. The highest BCUT2D eigenvalue weighted by atomic mass is 32.2. The lowest BCUT2D eigenvalue weighted by Crippen LogP contribution is -2.60. The van der Waals surface area contributed by atoms with Crippen molar-refractivity contribution in [2.24, 2.45) is 17.4 Å². The minimum Gasteiger partial charge on any atom is -0.480 e. The summed E-state index contributed by atoms with van der Waals surface area (Å²) in [7, 11) is 0. The smallest absolute Gasteiger partial charge is 0.326 e. The van der Waals surface area contributed by atoms with Crippen molar-refractivity contribution in [1.29, 1.82) is 0 Å². The monoisotopic (exact) mass is 477 g/mol. The van der Waals surface area contributed by atoms with Crippen LogP contribution < -0.4 is 27.4 Å². The lowest BCUT2D eigenvalue weighted by atomic mass is 10.0. The van der Waals surface area contributed by atoms with E-state index in [1.807, 2.05) is 6.26 Å². The number of aliphatic hydroxyl groups excluding tert-OH is 1. The molecule has 4 amide bonds. The molecule has 5 atom stereocenters. The lowest BCUT2D eigenvalue weighted by molar-refractivity contribution is -0.144. The average molecular weight is 478 g/mol. The van der Waals surface area contributed by atoms with Crippen LogP contribution in [0.1, 0.15) is 40.0 Å². The first-order valence-corrected chi connectivity index (χ1v) is 11.6. The Morgan fingerprint density at radius 3 is 1.91 bits per heavy atom. The minimum atomic E-state index is -1.50. The van der Waals surface area contributed by atoms with Crippen LogP contribution in [0.2, 0.25) is 0 Å². The van der Waals surface area contributed by atoms with Crippen LogP contribution >= 0.6 is 11.8 Å². The number of nitrogens with one attached hydrogen (secondary N) is 3. The molecule has 0 bridgehead atoms. The van der Waals surface area contributed by atoms with Crippen molar-refractivity contribution in [1.82, 2.24) is 16.0 Å². The van der Waals surface area contributed by atoms with Gasteiger partial charge in [-0.1, -0.05) is 13.8 Å². The molecule has 0 aliphatic heterocycles. The number of rotatable bonds is 15. The number of amides is 4. The van der Waals surface area contributed by atoms with Crippen LogP contribution in [0, 0.1) is 5.92 Å². The quantitative estimate of drug-likeness (QED) is 0.137. The molecule has 12 nitrogen and oxygen atoms in total. The summed E-state index contributed by atoms with van der Waals surface area (Å²) in [4.78, 5) is 60.1. The van der Waals surface area contributed by atoms with Crippen molar-refractivity contribution in [3.63, 3.8) is 0 Å². The van der Waals surface area contributed by atoms with Gasteiger partial charge in [0.2, 0.25) is 23.6 Å². The van der Waals surface area contributed by atoms with Crippen molar-refractivity contribution in [2.45, 2.75) is 70.3 Å². The van der Waals surface area contributed by atoms with Gasteiger partial charge >= 0.3 is 5.97 Å². The number of primary amides is 1. The van der Waals surface area contributed by atoms with Gasteiger partial charge < -0.3 is 37.6 Å². The molecule has 0 radical (unpaired) electrons. The molecule has 0 fully saturated rings. The maximum absolute atomic E-state index is 12.8. The van der Waals surface area contributed by atoms with Gasteiger partial charge in [0, 0.05) is 6.42 Å². The van der Waals surface area contributed by atoms with Gasteiger partial charge in [0.1, 0.15) is 18.1 Å². The Morgan fingerprint density at radius 1 is 0.906 bits per heavy atom. The van der Waals surface area contributed by atoms with Crippen molar-refractivity contribution in [3.8, 4) is 0 Å². The lowest BCUT2D eigenvalue weighted by Gasteiger charge is -2.27. The van der Waals surface area contributed by atoms with E-state index in [0.29, 0.717) is 12.2 Å². The summed E-state index contributed by atoms with van der Waals surface area (Å²) in [6.45, 7) is 4.42. The third-order valence-electron chi connectivity index (χ3n) is 4.58. The molecular weight excluding hydrogens is 442 g/mol. The van der Waals surface area contributed by atoms with E-state index in [1.165, 1.54) is 18.7 Å². The normalized spacial score (nSPS) is 15.7. The first kappa shape index (κ1) is 29.6. The molecule has 32 heavy (non-hydrogen) atoms. The van der Waals surface area contributed by atoms with Crippen molar-refractivity contribution in [2.75, 3.05) is 12.0 Å². The van der Waals surface area contributed by atoms with Gasteiger partial charge in [0.25, 0.3) is 0 Å². The van der Waals surface area contributed by atoms with Crippen LogP contribution in [0.4, 0.5) is 0 Å². The van der Waals surface area contributed by atoms with E-state index >= 15 is 0 Å². The Morgan fingerprint density at radius 2 is 1.47 bits per heavy atom. The van der Waals surface area contributed by atoms with E-state index in [-0.39, 0.29) is 12.8 Å². The van der Waals surface area contributed by atoms with E-state index < -0.39 is 65.8 Å². The van der Waals surface area contributed by atoms with Crippen molar-refractivity contribution < 1.29 is 34.2 Å². The number of nitrogens with two attached hydrogens (primary N) is 2. The summed E-state index contributed by atoms with van der Waals surface area (Å²) in [5.41, 5.74) is 10.9. The summed E-state index contributed by atoms with van der Waals surface area (Å²) in [5.74, 6) is -4.18. The number of aliphatic hydroxyl groups is 1. The van der Waals surface area contributed by atoms with Gasteiger partial charge in [0.05, 0.1) is 12.1 Å². The summed E-state index contributed by atoms with van der Waals surface area (Å²) >= 11 is 1.50. The van der Waals surface area contributed by atoms with Crippen LogP contribution in [-0.4, -0.2) is 82.1 Å². The molecule has 0 aliphatic carbocycles. The first-order chi connectivity index (χ1) is 14.8. The summed E-state index contributed by atoms with van der Waals surface area (Å²) < 4.78 is 0. The zero-order chi connectivity index (χ0) is 25.0. The Bertz CT molecular complexity index is 674. The largest absolute Gasteiger partial charge is 0.480 e. The predicted octanol–water partition coefficient (Wildman–Crippen LogP) is -2.09. The number of carboxylic acid groups (broad SMARTS) is 1. The molecule has 0 saturated carbocycles. The van der Waals surface area contributed by atoms with E-state index in [9.17, 15) is 34.2 Å². The summed E-state index contributed by atoms with van der Waals surface area (Å²) in [5, 5.41) is 26.3. The Kier molecular flexibility index (Phi) is 13.5. The molecule has 0 aliphatic rings. The molecule has 0 rings (SSSR count). The number of carbonyl (C=O) groups excluding carboxylic acids is 4. The molecule has 0 aromatic heterocycles. The Hall–Kier alpha value is -2.38. The minimum absolute atomic E-state index is 0.153. The Balaban J connectivity index is 5.43. The predicted molar refractivity (Wildman–Crippen MR) is 119 cm³/mol. The SMILES string of the molecule is CSCCC(N)C(=O)NC(CCC(N)=O)C(=O)NC(C(=O)NC(C(=O)O)C(C)C)C(C)O. The maximum atomic E-state index is 12.8. The number of carbonyl (C=O) groups is 5. The fraction of sp³-hybridized carbons (Fsp3) is 0.737. The number of carboxylic acids is 1. The molecule has 9 N–H and O–H groups in total. The second-order valence-electron chi connectivity index (χ2n) is 7.75. The highest BCUT2D eigenvalue weighted by Gasteiger charge is 2.33. The second kappa shape index (κ2) is 14.6. The second-order valence-corrected chi connectivity index (χ2v) is 8.74. The molecule has 184 valence electrons. The topological polar surface area (TPSA) is 214 Å². The van der Waals surface area contributed by atoms with Crippen LogP contribution in [0.3, 0.4) is 0 Å². The van der Waals surface area contributed by atoms with Crippen LogP contribution in [0.5, 0.6) is 0 Å². The molecule has 0 heterocycles. The van der Waals surface area contributed by atoms with Gasteiger partial charge in [-0.15, -0.1) is 0 Å². The van der Waals surface area contributed by atoms with Crippen LogP contribution in [0.15, 0.2) is 0 Å². The zero-order valence-corrected chi connectivity index (χ0v) is 19.6. The fourth-order valence-corrected chi connectivity index (χ4v) is 3.12. The average Bonchev–Trinajstić information content (AvgIpc) is 2.69. The van der Waals surface area contributed by atoms with E-state index in [4.69, 9.17) is 11.5 Å². The number of hydrogen-bond acceptors (Lipinski definition) is 8.